The lowest BCUT2D eigenvalue weighted by atomic mass is 10.1. The summed E-state index contributed by atoms with van der Waals surface area (Å²) in [6.45, 7) is 0. The third-order valence-corrected chi connectivity index (χ3v) is 3.46. The van der Waals surface area contributed by atoms with E-state index in [0.29, 0.717) is 17.1 Å². The maximum atomic E-state index is 12.6. The van der Waals surface area contributed by atoms with Gasteiger partial charge in [-0.1, -0.05) is 12.1 Å². The molecule has 1 N–H and O–H groups in total. The van der Waals surface area contributed by atoms with Crippen LogP contribution in [0.5, 0.6) is 5.75 Å². The monoisotopic (exact) mass is 318 g/mol. The van der Waals surface area contributed by atoms with E-state index in [1.807, 2.05) is 24.3 Å². The normalized spacial score (nSPS) is 11.5. The molecule has 1 aromatic heterocycles. The van der Waals surface area contributed by atoms with Crippen LogP contribution in [0, 0.1) is 0 Å². The Labute approximate surface area is 130 Å². The summed E-state index contributed by atoms with van der Waals surface area (Å²) in [4.78, 5) is 7.38. The number of nitrogens with zero attached hydrogens (tertiary/aromatic N) is 1. The fourth-order valence-electron chi connectivity index (χ4n) is 2.20. The molecule has 0 atom stereocenters. The first-order chi connectivity index (χ1) is 11.0. The first-order valence-electron chi connectivity index (χ1n) is 6.84. The van der Waals surface area contributed by atoms with Gasteiger partial charge in [-0.25, -0.2) is 4.98 Å². The quantitative estimate of drug-likeness (QED) is 0.755. The summed E-state index contributed by atoms with van der Waals surface area (Å²) in [5, 5.41) is 0. The summed E-state index contributed by atoms with van der Waals surface area (Å²) in [6, 6.07) is 12.3. The number of rotatable bonds is 3. The van der Waals surface area contributed by atoms with E-state index < -0.39 is 11.7 Å². The highest BCUT2D eigenvalue weighted by Gasteiger charge is 2.30. The number of nitrogens with one attached hydrogen (secondary N) is 1. The summed E-state index contributed by atoms with van der Waals surface area (Å²) in [6.07, 6.45) is -2.73. The zero-order valence-electron chi connectivity index (χ0n) is 12.2. The molecule has 1 heterocycles. The Morgan fingerprint density at radius 2 is 1.52 bits per heavy atom. The van der Waals surface area contributed by atoms with Crippen LogP contribution in [0.4, 0.5) is 13.2 Å². The molecule has 23 heavy (non-hydrogen) atoms. The fourth-order valence-corrected chi connectivity index (χ4v) is 2.20. The van der Waals surface area contributed by atoms with Gasteiger partial charge in [0, 0.05) is 5.56 Å². The zero-order valence-corrected chi connectivity index (χ0v) is 12.2. The summed E-state index contributed by atoms with van der Waals surface area (Å²) in [5.74, 6) is 1.38. The Kier molecular flexibility index (Phi) is 3.82. The second kappa shape index (κ2) is 5.79. The predicted octanol–water partition coefficient (Wildman–Crippen LogP) is 4.77. The molecule has 0 aliphatic heterocycles. The van der Waals surface area contributed by atoms with Crippen LogP contribution in [0.1, 0.15) is 5.56 Å². The number of imidazole rings is 1. The molecule has 0 bridgehead atoms. The van der Waals surface area contributed by atoms with Crippen molar-refractivity contribution >= 4 is 0 Å². The lowest BCUT2D eigenvalue weighted by molar-refractivity contribution is -0.137. The average Bonchev–Trinajstić information content (AvgIpc) is 3.04. The molecule has 0 fully saturated rings. The van der Waals surface area contributed by atoms with Crippen LogP contribution < -0.4 is 4.74 Å². The standard InChI is InChI=1S/C17H13F3N2O/c1-23-14-8-4-12(5-9-14)16-21-10-15(22-16)11-2-6-13(7-3-11)17(18,19)20/h2-10H,1H3,(H,21,22). The topological polar surface area (TPSA) is 37.9 Å². The van der Waals surface area contributed by atoms with E-state index in [1.165, 1.54) is 12.1 Å². The Balaban J connectivity index is 1.86. The molecular weight excluding hydrogens is 305 g/mol. The second-order valence-electron chi connectivity index (χ2n) is 4.95. The Bertz CT molecular complexity index is 790. The highest BCUT2D eigenvalue weighted by atomic mass is 19.4. The van der Waals surface area contributed by atoms with Gasteiger partial charge in [0.05, 0.1) is 24.6 Å². The van der Waals surface area contributed by atoms with Crippen molar-refractivity contribution in [2.45, 2.75) is 6.18 Å². The molecule has 0 saturated carbocycles. The van der Waals surface area contributed by atoms with Gasteiger partial charge >= 0.3 is 6.18 Å². The SMILES string of the molecule is COc1ccc(-c2ncc(-c3ccc(C(F)(F)F)cc3)[nH]2)cc1. The molecule has 0 unspecified atom stereocenters. The third kappa shape index (κ3) is 3.21. The van der Waals surface area contributed by atoms with Crippen molar-refractivity contribution in [1.82, 2.24) is 9.97 Å². The van der Waals surface area contributed by atoms with E-state index in [-0.39, 0.29) is 0 Å². The highest BCUT2D eigenvalue weighted by Crippen LogP contribution is 2.31. The third-order valence-electron chi connectivity index (χ3n) is 3.46. The largest absolute Gasteiger partial charge is 0.497 e. The molecule has 3 aromatic rings. The van der Waals surface area contributed by atoms with E-state index in [0.717, 1.165) is 23.4 Å². The van der Waals surface area contributed by atoms with E-state index in [2.05, 4.69) is 9.97 Å². The smallest absolute Gasteiger partial charge is 0.416 e. The maximum Gasteiger partial charge on any atom is 0.416 e. The lowest BCUT2D eigenvalue weighted by Crippen LogP contribution is -2.03. The number of hydrogen-bond acceptors (Lipinski definition) is 2. The fraction of sp³-hybridized carbons (Fsp3) is 0.118. The molecule has 0 aliphatic carbocycles. The molecule has 3 nitrogen and oxygen atoms in total. The number of benzene rings is 2. The van der Waals surface area contributed by atoms with Gasteiger partial charge in [-0.2, -0.15) is 13.2 Å². The number of aromatic nitrogens is 2. The van der Waals surface area contributed by atoms with Crippen molar-refractivity contribution in [2.75, 3.05) is 7.11 Å². The summed E-state index contributed by atoms with van der Waals surface area (Å²) < 4.78 is 42.8. The van der Waals surface area contributed by atoms with E-state index in [1.54, 1.807) is 13.3 Å². The number of methoxy groups -OCH3 is 1. The van der Waals surface area contributed by atoms with Crippen molar-refractivity contribution in [2.24, 2.45) is 0 Å². The van der Waals surface area contributed by atoms with Gasteiger partial charge in [0.15, 0.2) is 0 Å². The number of H-pyrrole nitrogens is 1. The van der Waals surface area contributed by atoms with Gasteiger partial charge in [-0.05, 0) is 42.0 Å². The lowest BCUT2D eigenvalue weighted by Gasteiger charge is -2.06. The van der Waals surface area contributed by atoms with Gasteiger partial charge in [-0.15, -0.1) is 0 Å². The first kappa shape index (κ1) is 15.1. The van der Waals surface area contributed by atoms with Crippen molar-refractivity contribution < 1.29 is 17.9 Å². The van der Waals surface area contributed by atoms with Crippen molar-refractivity contribution in [3.05, 3.63) is 60.3 Å². The minimum atomic E-state index is -4.33. The highest BCUT2D eigenvalue weighted by molar-refractivity contribution is 5.65. The number of halogens is 3. The second-order valence-corrected chi connectivity index (χ2v) is 4.95. The van der Waals surface area contributed by atoms with Gasteiger partial charge < -0.3 is 9.72 Å². The molecule has 0 radical (unpaired) electrons. The van der Waals surface area contributed by atoms with Crippen LogP contribution in [0.2, 0.25) is 0 Å². The Morgan fingerprint density at radius 3 is 2.09 bits per heavy atom. The van der Waals surface area contributed by atoms with Crippen LogP contribution in [0.3, 0.4) is 0 Å². The molecule has 0 aliphatic rings. The van der Waals surface area contributed by atoms with E-state index in [4.69, 9.17) is 4.74 Å². The molecular formula is C17H13F3N2O. The van der Waals surface area contributed by atoms with Gasteiger partial charge in [0.25, 0.3) is 0 Å². The molecule has 0 amide bonds. The zero-order chi connectivity index (χ0) is 16.4. The predicted molar refractivity (Wildman–Crippen MR) is 81.0 cm³/mol. The minimum Gasteiger partial charge on any atom is -0.497 e. The van der Waals surface area contributed by atoms with Crippen LogP contribution in [-0.4, -0.2) is 17.1 Å². The number of aromatic amines is 1. The number of alkyl halides is 3. The van der Waals surface area contributed by atoms with Crippen LogP contribution in [-0.2, 0) is 6.18 Å². The van der Waals surface area contributed by atoms with Crippen molar-refractivity contribution in [3.8, 4) is 28.4 Å². The Morgan fingerprint density at radius 1 is 0.913 bits per heavy atom. The van der Waals surface area contributed by atoms with Crippen LogP contribution >= 0.6 is 0 Å². The summed E-state index contributed by atoms with van der Waals surface area (Å²) >= 11 is 0. The Hall–Kier alpha value is -2.76. The van der Waals surface area contributed by atoms with E-state index in [9.17, 15) is 13.2 Å². The number of ether oxygens (including phenoxy) is 1. The van der Waals surface area contributed by atoms with Crippen LogP contribution in [0.15, 0.2) is 54.7 Å². The molecule has 3 rings (SSSR count). The summed E-state index contributed by atoms with van der Waals surface area (Å²) in [5.41, 5.74) is 1.50. The average molecular weight is 318 g/mol. The van der Waals surface area contributed by atoms with Crippen LogP contribution in [0.25, 0.3) is 22.6 Å². The molecule has 2 aromatic carbocycles. The molecule has 118 valence electrons. The maximum absolute atomic E-state index is 12.6. The number of hydrogen-bond donors (Lipinski definition) is 1. The minimum absolute atomic E-state index is 0.641. The summed E-state index contributed by atoms with van der Waals surface area (Å²) in [7, 11) is 1.59. The van der Waals surface area contributed by atoms with Gasteiger partial charge in [0.1, 0.15) is 11.6 Å². The van der Waals surface area contributed by atoms with Gasteiger partial charge in [0.2, 0.25) is 0 Å². The van der Waals surface area contributed by atoms with Crippen molar-refractivity contribution in [1.29, 1.82) is 0 Å². The molecule has 0 saturated heterocycles. The van der Waals surface area contributed by atoms with Crippen molar-refractivity contribution in [3.63, 3.8) is 0 Å². The first-order valence-corrected chi connectivity index (χ1v) is 6.84. The molecule has 6 heteroatoms. The van der Waals surface area contributed by atoms with E-state index >= 15 is 0 Å². The molecule has 0 spiro atoms. The van der Waals surface area contributed by atoms with Gasteiger partial charge in [-0.3, -0.25) is 0 Å².